The van der Waals surface area contributed by atoms with Crippen LogP contribution in [0.1, 0.15) is 16.0 Å². The molecule has 1 aliphatic rings. The number of hydrogen-bond acceptors (Lipinski definition) is 5. The lowest BCUT2D eigenvalue weighted by Gasteiger charge is -2.34. The van der Waals surface area contributed by atoms with Gasteiger partial charge in [-0.15, -0.1) is 11.3 Å². The Bertz CT molecular complexity index is 822. The molecular weight excluding hydrogens is 364 g/mol. The Morgan fingerprint density at radius 3 is 2.63 bits per heavy atom. The molecule has 2 heterocycles. The summed E-state index contributed by atoms with van der Waals surface area (Å²) in [6.45, 7) is 0.818. The maximum Gasteiger partial charge on any atom is 0.321 e. The molecule has 0 fully saturated rings. The number of imide groups is 1. The molecule has 27 heavy (non-hydrogen) atoms. The van der Waals surface area contributed by atoms with E-state index >= 15 is 0 Å². The summed E-state index contributed by atoms with van der Waals surface area (Å²) < 4.78 is 0. The molecular formula is C19H22N4O3S. The lowest BCUT2D eigenvalue weighted by atomic mass is 9.93. The Morgan fingerprint density at radius 2 is 1.93 bits per heavy atom. The number of thiophene rings is 1. The second-order valence-electron chi connectivity index (χ2n) is 6.43. The summed E-state index contributed by atoms with van der Waals surface area (Å²) in [4.78, 5) is 38.8. The maximum atomic E-state index is 12.2. The van der Waals surface area contributed by atoms with E-state index in [-0.39, 0.29) is 6.54 Å². The van der Waals surface area contributed by atoms with Crippen LogP contribution >= 0.6 is 11.3 Å². The van der Waals surface area contributed by atoms with Crippen LogP contribution in [-0.4, -0.2) is 41.9 Å². The lowest BCUT2D eigenvalue weighted by Crippen LogP contribution is -2.53. The largest absolute Gasteiger partial charge is 0.368 e. The predicted molar refractivity (Wildman–Crippen MR) is 103 cm³/mol. The molecule has 0 radical (unpaired) electrons. The molecule has 0 saturated carbocycles. The van der Waals surface area contributed by atoms with Crippen molar-refractivity contribution in [3.63, 3.8) is 0 Å². The third kappa shape index (κ3) is 5.15. The molecule has 0 bridgehead atoms. The van der Waals surface area contributed by atoms with Gasteiger partial charge in [0.1, 0.15) is 0 Å². The second kappa shape index (κ2) is 8.79. The number of carbonyl (C=O) groups is 3. The third-order valence-electron chi connectivity index (χ3n) is 4.51. The van der Waals surface area contributed by atoms with E-state index in [4.69, 9.17) is 5.73 Å². The fourth-order valence-electron chi connectivity index (χ4n) is 3.17. The smallest absolute Gasteiger partial charge is 0.321 e. The molecule has 2 aromatic rings. The van der Waals surface area contributed by atoms with Crippen molar-refractivity contribution < 1.29 is 14.4 Å². The van der Waals surface area contributed by atoms with Crippen LogP contribution in [0.5, 0.6) is 0 Å². The van der Waals surface area contributed by atoms with E-state index in [0.717, 1.165) is 16.0 Å². The van der Waals surface area contributed by atoms with Gasteiger partial charge in [0.25, 0.3) is 0 Å². The van der Waals surface area contributed by atoms with Gasteiger partial charge in [0.2, 0.25) is 11.8 Å². The van der Waals surface area contributed by atoms with Crippen molar-refractivity contribution in [2.45, 2.75) is 25.4 Å². The SMILES string of the molecule is NC(=O)C1Cc2ccccc2CN1CC(=O)NC(=O)NCCc1cccs1. The van der Waals surface area contributed by atoms with Crippen LogP contribution in [0.15, 0.2) is 41.8 Å². The van der Waals surface area contributed by atoms with Gasteiger partial charge in [0.05, 0.1) is 12.6 Å². The molecule has 4 N–H and O–H groups in total. The topological polar surface area (TPSA) is 105 Å². The number of nitrogens with zero attached hydrogens (tertiary/aromatic N) is 1. The second-order valence-corrected chi connectivity index (χ2v) is 7.46. The van der Waals surface area contributed by atoms with Gasteiger partial charge in [-0.05, 0) is 35.4 Å². The van der Waals surface area contributed by atoms with E-state index in [9.17, 15) is 14.4 Å². The van der Waals surface area contributed by atoms with Crippen molar-refractivity contribution in [2.24, 2.45) is 5.73 Å². The molecule has 1 unspecified atom stereocenters. The molecule has 1 aromatic heterocycles. The quantitative estimate of drug-likeness (QED) is 0.690. The van der Waals surface area contributed by atoms with E-state index in [1.54, 1.807) is 16.2 Å². The maximum absolute atomic E-state index is 12.2. The first-order chi connectivity index (χ1) is 13.0. The molecule has 0 spiro atoms. The first kappa shape index (κ1) is 19.1. The van der Waals surface area contributed by atoms with Crippen LogP contribution in [-0.2, 0) is 29.0 Å². The van der Waals surface area contributed by atoms with Gasteiger partial charge in [-0.25, -0.2) is 4.79 Å². The van der Waals surface area contributed by atoms with Crippen LogP contribution < -0.4 is 16.4 Å². The predicted octanol–water partition coefficient (Wildman–Crippen LogP) is 1.03. The molecule has 3 rings (SSSR count). The zero-order valence-electron chi connectivity index (χ0n) is 14.8. The standard InChI is InChI=1S/C19H22N4O3S/c20-18(25)16-10-13-4-1-2-5-14(13)11-23(16)12-17(24)22-19(26)21-8-7-15-6-3-9-27-15/h1-6,9,16H,7-8,10-12H2,(H2,20,25)(H2,21,22,24,26). The minimum absolute atomic E-state index is 0.0692. The van der Waals surface area contributed by atoms with Gasteiger partial charge in [-0.1, -0.05) is 30.3 Å². The van der Waals surface area contributed by atoms with E-state index in [1.165, 1.54) is 0 Å². The van der Waals surface area contributed by atoms with Crippen LogP contribution in [0.4, 0.5) is 4.79 Å². The van der Waals surface area contributed by atoms with Crippen molar-refractivity contribution >= 4 is 29.2 Å². The molecule has 1 aromatic carbocycles. The molecule has 7 nitrogen and oxygen atoms in total. The fourth-order valence-corrected chi connectivity index (χ4v) is 3.88. The molecule has 142 valence electrons. The minimum Gasteiger partial charge on any atom is -0.368 e. The van der Waals surface area contributed by atoms with Gasteiger partial charge in [0, 0.05) is 18.0 Å². The zero-order valence-corrected chi connectivity index (χ0v) is 15.6. The van der Waals surface area contributed by atoms with E-state index in [2.05, 4.69) is 10.6 Å². The van der Waals surface area contributed by atoms with Crippen molar-refractivity contribution in [3.05, 3.63) is 57.8 Å². The molecule has 1 aliphatic heterocycles. The Hall–Kier alpha value is -2.71. The monoisotopic (exact) mass is 386 g/mol. The minimum atomic E-state index is -0.562. The van der Waals surface area contributed by atoms with Gasteiger partial charge in [-0.2, -0.15) is 0 Å². The van der Waals surface area contributed by atoms with E-state index in [1.807, 2.05) is 41.8 Å². The number of urea groups is 1. The van der Waals surface area contributed by atoms with Gasteiger partial charge < -0.3 is 11.1 Å². The Morgan fingerprint density at radius 1 is 1.15 bits per heavy atom. The summed E-state index contributed by atoms with van der Waals surface area (Å²) in [5.41, 5.74) is 7.63. The normalized spacial score (nSPS) is 16.4. The Labute approximate surface area is 161 Å². The number of hydrogen-bond donors (Lipinski definition) is 3. The van der Waals surface area contributed by atoms with Gasteiger partial charge in [-0.3, -0.25) is 19.8 Å². The molecule has 0 saturated heterocycles. The number of carbonyl (C=O) groups excluding carboxylic acids is 3. The number of rotatable bonds is 6. The highest BCUT2D eigenvalue weighted by Gasteiger charge is 2.31. The number of fused-ring (bicyclic) bond motifs is 1. The van der Waals surface area contributed by atoms with E-state index < -0.39 is 23.9 Å². The summed E-state index contributed by atoms with van der Waals surface area (Å²) in [5, 5.41) is 6.95. The number of nitrogens with two attached hydrogens (primary N) is 1. The van der Waals surface area contributed by atoms with Gasteiger partial charge >= 0.3 is 6.03 Å². The lowest BCUT2D eigenvalue weighted by molar-refractivity contribution is -0.127. The van der Waals surface area contributed by atoms with Crippen LogP contribution in [0.3, 0.4) is 0 Å². The summed E-state index contributed by atoms with van der Waals surface area (Å²) >= 11 is 1.62. The van der Waals surface area contributed by atoms with Crippen LogP contribution in [0.2, 0.25) is 0 Å². The molecule has 1 atom stereocenters. The number of primary amides is 1. The average molecular weight is 386 g/mol. The van der Waals surface area contributed by atoms with Gasteiger partial charge in [0.15, 0.2) is 0 Å². The van der Waals surface area contributed by atoms with Crippen LogP contribution in [0.25, 0.3) is 0 Å². The molecule has 4 amide bonds. The van der Waals surface area contributed by atoms with Crippen molar-refractivity contribution in [1.29, 1.82) is 0 Å². The Balaban J connectivity index is 1.51. The van der Waals surface area contributed by atoms with Crippen molar-refractivity contribution in [2.75, 3.05) is 13.1 Å². The zero-order chi connectivity index (χ0) is 19.2. The number of amides is 4. The first-order valence-electron chi connectivity index (χ1n) is 8.73. The third-order valence-corrected chi connectivity index (χ3v) is 5.45. The number of nitrogens with one attached hydrogen (secondary N) is 2. The number of benzene rings is 1. The summed E-state index contributed by atoms with van der Waals surface area (Å²) in [6.07, 6.45) is 1.18. The summed E-state index contributed by atoms with van der Waals surface area (Å²) in [7, 11) is 0. The fraction of sp³-hybridized carbons (Fsp3) is 0.316. The molecule has 8 heteroatoms. The van der Waals surface area contributed by atoms with Crippen LogP contribution in [0, 0.1) is 0 Å². The van der Waals surface area contributed by atoms with E-state index in [0.29, 0.717) is 25.9 Å². The Kier molecular flexibility index (Phi) is 6.20. The highest BCUT2D eigenvalue weighted by Crippen LogP contribution is 2.22. The first-order valence-corrected chi connectivity index (χ1v) is 9.61. The summed E-state index contributed by atoms with van der Waals surface area (Å²) in [6, 6.07) is 10.6. The average Bonchev–Trinajstić information content (AvgIpc) is 3.14. The summed E-state index contributed by atoms with van der Waals surface area (Å²) in [5.74, 6) is -0.938. The van der Waals surface area contributed by atoms with Crippen molar-refractivity contribution in [3.8, 4) is 0 Å². The highest BCUT2D eigenvalue weighted by molar-refractivity contribution is 7.09. The van der Waals surface area contributed by atoms with Crippen molar-refractivity contribution in [1.82, 2.24) is 15.5 Å². The molecule has 0 aliphatic carbocycles. The highest BCUT2D eigenvalue weighted by atomic mass is 32.1.